The molecule has 0 radical (unpaired) electrons. The molecule has 0 aromatic heterocycles. The maximum Gasteiger partial charge on any atom is 0.311 e. The van der Waals surface area contributed by atoms with Gasteiger partial charge in [-0.2, -0.15) is 0 Å². The number of hydrogen-bond acceptors (Lipinski definition) is 3. The number of rotatable bonds is 4. The molecule has 0 aliphatic carbocycles. The highest BCUT2D eigenvalue weighted by atomic mass is 16.4. The van der Waals surface area contributed by atoms with E-state index >= 15 is 0 Å². The van der Waals surface area contributed by atoms with Crippen molar-refractivity contribution in [3.05, 3.63) is 29.3 Å². The molecule has 2 N–H and O–H groups in total. The fourth-order valence-corrected chi connectivity index (χ4v) is 2.46. The zero-order valence-corrected chi connectivity index (χ0v) is 10.8. The first kappa shape index (κ1) is 13.5. The van der Waals surface area contributed by atoms with Crippen LogP contribution in [-0.4, -0.2) is 35.7 Å². The molecule has 1 atom stereocenters. The number of anilines is 1. The van der Waals surface area contributed by atoms with Gasteiger partial charge in [-0.15, -0.1) is 0 Å². The third-order valence-corrected chi connectivity index (χ3v) is 3.57. The Balaban J connectivity index is 2.35. The second kappa shape index (κ2) is 5.40. The van der Waals surface area contributed by atoms with Crippen molar-refractivity contribution in [1.29, 1.82) is 0 Å². The summed E-state index contributed by atoms with van der Waals surface area (Å²) in [5.41, 5.74) is 2.51. The van der Waals surface area contributed by atoms with E-state index in [9.17, 15) is 14.7 Å². The van der Waals surface area contributed by atoms with Crippen LogP contribution in [0.2, 0.25) is 0 Å². The van der Waals surface area contributed by atoms with Crippen molar-refractivity contribution in [3.8, 4) is 0 Å². The highest BCUT2D eigenvalue weighted by molar-refractivity contribution is 5.96. The van der Waals surface area contributed by atoms with Gasteiger partial charge in [0.1, 0.15) is 0 Å². The van der Waals surface area contributed by atoms with Gasteiger partial charge < -0.3 is 15.1 Å². The van der Waals surface area contributed by atoms with Gasteiger partial charge in [0, 0.05) is 25.8 Å². The van der Waals surface area contributed by atoms with E-state index in [1.807, 2.05) is 6.07 Å². The first-order valence-electron chi connectivity index (χ1n) is 6.27. The van der Waals surface area contributed by atoms with Crippen molar-refractivity contribution in [1.82, 2.24) is 0 Å². The van der Waals surface area contributed by atoms with E-state index in [1.165, 1.54) is 0 Å². The number of aliphatic carboxylic acids is 1. The van der Waals surface area contributed by atoms with Crippen LogP contribution in [0.1, 0.15) is 29.9 Å². The molecule has 1 aromatic rings. The number of benzene rings is 1. The molecular weight excluding hydrogens is 246 g/mol. The quantitative estimate of drug-likeness (QED) is 0.854. The lowest BCUT2D eigenvalue weighted by Gasteiger charge is -2.26. The zero-order valence-electron chi connectivity index (χ0n) is 10.8. The molecule has 0 saturated heterocycles. The Labute approximate surface area is 111 Å². The van der Waals surface area contributed by atoms with Crippen LogP contribution < -0.4 is 4.90 Å². The standard InChI is InChI=1S/C14H17NO4/c1-15-12-4-2-9(11(6-7-16)14(18)19)8-10(12)3-5-13(15)17/h2,4,8,11,16H,3,5-7H2,1H3,(H,18,19). The predicted molar refractivity (Wildman–Crippen MR) is 70.3 cm³/mol. The summed E-state index contributed by atoms with van der Waals surface area (Å²) in [5.74, 6) is -1.56. The summed E-state index contributed by atoms with van der Waals surface area (Å²) in [6.07, 6.45) is 1.28. The molecule has 0 saturated carbocycles. The highest BCUT2D eigenvalue weighted by Crippen LogP contribution is 2.31. The van der Waals surface area contributed by atoms with Gasteiger partial charge in [0.25, 0.3) is 0 Å². The van der Waals surface area contributed by atoms with Gasteiger partial charge in [-0.3, -0.25) is 9.59 Å². The van der Waals surface area contributed by atoms with E-state index < -0.39 is 11.9 Å². The summed E-state index contributed by atoms with van der Waals surface area (Å²) in [6, 6.07) is 5.35. The molecule has 1 aliphatic heterocycles. The SMILES string of the molecule is CN1C(=O)CCc2cc(C(CCO)C(=O)O)ccc21. The fourth-order valence-electron chi connectivity index (χ4n) is 2.46. The van der Waals surface area contributed by atoms with E-state index in [2.05, 4.69) is 0 Å². The zero-order chi connectivity index (χ0) is 14.0. The highest BCUT2D eigenvalue weighted by Gasteiger charge is 2.24. The minimum absolute atomic E-state index is 0.0744. The van der Waals surface area contributed by atoms with E-state index in [-0.39, 0.29) is 18.9 Å². The van der Waals surface area contributed by atoms with E-state index in [1.54, 1.807) is 24.1 Å². The minimum atomic E-state index is -0.936. The van der Waals surface area contributed by atoms with Crippen molar-refractivity contribution >= 4 is 17.6 Å². The van der Waals surface area contributed by atoms with Crippen LogP contribution in [-0.2, 0) is 16.0 Å². The van der Waals surface area contributed by atoms with Crippen LogP contribution in [0.3, 0.4) is 0 Å². The molecule has 1 amide bonds. The Morgan fingerprint density at radius 2 is 2.16 bits per heavy atom. The molecule has 1 aliphatic rings. The largest absolute Gasteiger partial charge is 0.481 e. The van der Waals surface area contributed by atoms with Crippen LogP contribution in [0.5, 0.6) is 0 Å². The van der Waals surface area contributed by atoms with Gasteiger partial charge in [-0.25, -0.2) is 0 Å². The molecule has 1 aromatic carbocycles. The van der Waals surface area contributed by atoms with Gasteiger partial charge in [-0.05, 0) is 30.0 Å². The molecule has 1 unspecified atom stereocenters. The van der Waals surface area contributed by atoms with Crippen LogP contribution in [0.25, 0.3) is 0 Å². The lowest BCUT2D eigenvalue weighted by molar-refractivity contribution is -0.139. The summed E-state index contributed by atoms with van der Waals surface area (Å²) < 4.78 is 0. The Morgan fingerprint density at radius 3 is 2.79 bits per heavy atom. The summed E-state index contributed by atoms with van der Waals surface area (Å²) in [6.45, 7) is -0.160. The van der Waals surface area contributed by atoms with Crippen LogP contribution >= 0.6 is 0 Å². The Morgan fingerprint density at radius 1 is 1.42 bits per heavy atom. The normalized spacial score (nSPS) is 16.1. The molecule has 0 spiro atoms. The molecular formula is C14H17NO4. The maximum atomic E-state index is 11.6. The molecule has 5 heteroatoms. The first-order chi connectivity index (χ1) is 9.04. The number of carboxylic acid groups (broad SMARTS) is 1. The van der Waals surface area contributed by atoms with E-state index in [4.69, 9.17) is 5.11 Å². The molecule has 0 fully saturated rings. The van der Waals surface area contributed by atoms with Crippen molar-refractivity contribution in [2.75, 3.05) is 18.6 Å². The van der Waals surface area contributed by atoms with Crippen LogP contribution in [0, 0.1) is 0 Å². The number of nitrogens with zero attached hydrogens (tertiary/aromatic N) is 1. The van der Waals surface area contributed by atoms with Gasteiger partial charge in [0.15, 0.2) is 0 Å². The van der Waals surface area contributed by atoms with Crippen molar-refractivity contribution in [2.24, 2.45) is 0 Å². The molecule has 5 nitrogen and oxygen atoms in total. The topological polar surface area (TPSA) is 77.8 Å². The summed E-state index contributed by atoms with van der Waals surface area (Å²) in [5, 5.41) is 18.1. The predicted octanol–water partition coefficient (Wildman–Crippen LogP) is 1.15. The minimum Gasteiger partial charge on any atom is -0.481 e. The number of aryl methyl sites for hydroxylation is 1. The fraction of sp³-hybridized carbons (Fsp3) is 0.429. The van der Waals surface area contributed by atoms with Gasteiger partial charge in [0.2, 0.25) is 5.91 Å². The summed E-state index contributed by atoms with van der Waals surface area (Å²) in [7, 11) is 1.72. The average molecular weight is 263 g/mol. The van der Waals surface area contributed by atoms with Crippen molar-refractivity contribution in [2.45, 2.75) is 25.2 Å². The molecule has 102 valence electrons. The number of aliphatic hydroxyl groups excluding tert-OH is 1. The van der Waals surface area contributed by atoms with Gasteiger partial charge >= 0.3 is 5.97 Å². The lowest BCUT2D eigenvalue weighted by Crippen LogP contribution is -2.31. The Bertz CT molecular complexity index is 512. The number of carbonyl (C=O) groups is 2. The summed E-state index contributed by atoms with van der Waals surface area (Å²) in [4.78, 5) is 24.4. The van der Waals surface area contributed by atoms with Crippen LogP contribution in [0.4, 0.5) is 5.69 Å². The lowest BCUT2D eigenvalue weighted by atomic mass is 9.91. The number of carboxylic acids is 1. The second-order valence-electron chi connectivity index (χ2n) is 4.74. The number of amides is 1. The maximum absolute atomic E-state index is 11.6. The Hall–Kier alpha value is -1.88. The van der Waals surface area contributed by atoms with Crippen molar-refractivity contribution < 1.29 is 19.8 Å². The van der Waals surface area contributed by atoms with Crippen molar-refractivity contribution in [3.63, 3.8) is 0 Å². The third-order valence-electron chi connectivity index (χ3n) is 3.57. The van der Waals surface area contributed by atoms with E-state index in [0.29, 0.717) is 18.4 Å². The number of aliphatic hydroxyl groups is 1. The molecule has 2 rings (SSSR count). The number of fused-ring (bicyclic) bond motifs is 1. The number of hydrogen-bond donors (Lipinski definition) is 2. The number of carbonyl (C=O) groups excluding carboxylic acids is 1. The summed E-state index contributed by atoms with van der Waals surface area (Å²) >= 11 is 0. The van der Waals surface area contributed by atoms with Gasteiger partial charge in [-0.1, -0.05) is 12.1 Å². The Kier molecular flexibility index (Phi) is 3.85. The second-order valence-corrected chi connectivity index (χ2v) is 4.74. The molecule has 0 bridgehead atoms. The van der Waals surface area contributed by atoms with Gasteiger partial charge in [0.05, 0.1) is 5.92 Å². The van der Waals surface area contributed by atoms with Crippen LogP contribution in [0.15, 0.2) is 18.2 Å². The average Bonchev–Trinajstić information content (AvgIpc) is 2.39. The smallest absolute Gasteiger partial charge is 0.311 e. The first-order valence-corrected chi connectivity index (χ1v) is 6.27. The molecule has 1 heterocycles. The third kappa shape index (κ3) is 2.61. The molecule has 19 heavy (non-hydrogen) atoms. The monoisotopic (exact) mass is 263 g/mol. The van der Waals surface area contributed by atoms with E-state index in [0.717, 1.165) is 11.3 Å².